The van der Waals surface area contributed by atoms with Gasteiger partial charge in [0.25, 0.3) is 0 Å². The van der Waals surface area contributed by atoms with Crippen molar-refractivity contribution in [3.8, 4) is 0 Å². The maximum atomic E-state index is 2.39. The van der Waals surface area contributed by atoms with Gasteiger partial charge < -0.3 is 5.32 Å². The second kappa shape index (κ2) is 5.28. The number of thiophene rings is 1. The topological polar surface area (TPSA) is 16.6 Å². The van der Waals surface area contributed by atoms with Crippen LogP contribution in [-0.4, -0.2) is 0 Å². The Balaban J connectivity index is 1.91. The highest BCUT2D eigenvalue weighted by Crippen LogP contribution is 2.14. The van der Waals surface area contributed by atoms with E-state index in [1.165, 1.54) is 15.3 Å². The highest BCUT2D eigenvalue weighted by Gasteiger charge is 2.08. The predicted octanol–water partition coefficient (Wildman–Crippen LogP) is 2.88. The van der Waals surface area contributed by atoms with E-state index in [1.807, 2.05) is 11.3 Å². The highest BCUT2D eigenvalue weighted by atomic mass is 32.1. The molecule has 0 bridgehead atoms. The molecule has 1 aromatic heterocycles. The fourth-order valence-electron chi connectivity index (χ4n) is 1.78. The van der Waals surface area contributed by atoms with E-state index in [0.717, 1.165) is 6.54 Å². The molecule has 16 heavy (non-hydrogen) atoms. The molecule has 0 aliphatic heterocycles. The third-order valence-corrected chi connectivity index (χ3v) is 3.82. The second-order valence-electron chi connectivity index (χ2n) is 4.15. The monoisotopic (exact) mass is 232 g/mol. The molecular formula is C14H18NS+. The SMILES string of the molecule is Cc1ccc(C[NH2+][C@H](C)c2ccccc2)s1. The Hall–Kier alpha value is -1.12. The minimum absolute atomic E-state index is 0.531. The summed E-state index contributed by atoms with van der Waals surface area (Å²) in [7, 11) is 0. The Morgan fingerprint density at radius 1 is 1.12 bits per heavy atom. The maximum Gasteiger partial charge on any atom is 0.111 e. The van der Waals surface area contributed by atoms with E-state index in [1.54, 1.807) is 0 Å². The summed E-state index contributed by atoms with van der Waals surface area (Å²) in [4.78, 5) is 2.86. The molecule has 0 fully saturated rings. The zero-order valence-electron chi connectivity index (χ0n) is 9.81. The summed E-state index contributed by atoms with van der Waals surface area (Å²) in [5.41, 5.74) is 1.40. The summed E-state index contributed by atoms with van der Waals surface area (Å²) in [5.74, 6) is 0. The van der Waals surface area contributed by atoms with E-state index in [-0.39, 0.29) is 0 Å². The van der Waals surface area contributed by atoms with E-state index in [2.05, 4.69) is 61.6 Å². The van der Waals surface area contributed by atoms with Crippen LogP contribution < -0.4 is 5.32 Å². The Labute approximate surface area is 101 Å². The molecule has 0 aliphatic rings. The van der Waals surface area contributed by atoms with Crippen molar-refractivity contribution >= 4 is 11.3 Å². The lowest BCUT2D eigenvalue weighted by molar-refractivity contribution is -0.707. The quantitative estimate of drug-likeness (QED) is 0.835. The first-order valence-corrected chi connectivity index (χ1v) is 6.51. The van der Waals surface area contributed by atoms with E-state index < -0.39 is 0 Å². The minimum atomic E-state index is 0.531. The Morgan fingerprint density at radius 3 is 2.50 bits per heavy atom. The number of hydrogen-bond donors (Lipinski definition) is 1. The van der Waals surface area contributed by atoms with Crippen LogP contribution in [0.4, 0.5) is 0 Å². The van der Waals surface area contributed by atoms with Crippen LogP contribution in [0.2, 0.25) is 0 Å². The van der Waals surface area contributed by atoms with Gasteiger partial charge in [0.05, 0.1) is 4.88 Å². The fourth-order valence-corrected chi connectivity index (χ4v) is 2.65. The van der Waals surface area contributed by atoms with Gasteiger partial charge in [-0.2, -0.15) is 0 Å². The van der Waals surface area contributed by atoms with Crippen molar-refractivity contribution in [1.82, 2.24) is 0 Å². The number of hydrogen-bond acceptors (Lipinski definition) is 1. The number of rotatable bonds is 4. The molecule has 2 rings (SSSR count). The fraction of sp³-hybridized carbons (Fsp3) is 0.286. The van der Waals surface area contributed by atoms with Gasteiger partial charge in [-0.15, -0.1) is 11.3 Å². The molecule has 0 saturated heterocycles. The lowest BCUT2D eigenvalue weighted by Crippen LogP contribution is -2.82. The van der Waals surface area contributed by atoms with Crippen LogP contribution in [0.15, 0.2) is 42.5 Å². The van der Waals surface area contributed by atoms with Gasteiger partial charge in [0, 0.05) is 10.4 Å². The summed E-state index contributed by atoms with van der Waals surface area (Å²) in [6, 6.07) is 15.6. The van der Waals surface area contributed by atoms with E-state index in [4.69, 9.17) is 0 Å². The molecule has 1 nitrogen and oxygen atoms in total. The first-order chi connectivity index (χ1) is 7.75. The highest BCUT2D eigenvalue weighted by molar-refractivity contribution is 7.11. The van der Waals surface area contributed by atoms with Crippen LogP contribution in [0.5, 0.6) is 0 Å². The first kappa shape index (κ1) is 11.4. The average Bonchev–Trinajstić information content (AvgIpc) is 2.73. The van der Waals surface area contributed by atoms with Crippen molar-refractivity contribution in [2.45, 2.75) is 26.4 Å². The second-order valence-corrected chi connectivity index (χ2v) is 5.52. The average molecular weight is 232 g/mol. The summed E-state index contributed by atoms with van der Waals surface area (Å²) >= 11 is 1.89. The van der Waals surface area contributed by atoms with Gasteiger partial charge in [-0.25, -0.2) is 0 Å². The van der Waals surface area contributed by atoms with Gasteiger partial charge in [-0.05, 0) is 26.0 Å². The molecule has 1 aromatic carbocycles. The molecule has 0 aliphatic carbocycles. The van der Waals surface area contributed by atoms with Gasteiger partial charge >= 0.3 is 0 Å². The summed E-state index contributed by atoms with van der Waals surface area (Å²) in [6.07, 6.45) is 0. The molecule has 0 amide bonds. The lowest BCUT2D eigenvalue weighted by atomic mass is 10.1. The molecule has 84 valence electrons. The molecule has 2 aromatic rings. The third kappa shape index (κ3) is 2.94. The zero-order valence-corrected chi connectivity index (χ0v) is 10.6. The van der Waals surface area contributed by atoms with E-state index >= 15 is 0 Å². The normalized spacial score (nSPS) is 12.6. The molecular weight excluding hydrogens is 214 g/mol. The number of benzene rings is 1. The van der Waals surface area contributed by atoms with Gasteiger partial charge in [0.1, 0.15) is 12.6 Å². The molecule has 2 N–H and O–H groups in total. The minimum Gasteiger partial charge on any atom is -0.336 e. The van der Waals surface area contributed by atoms with Gasteiger partial charge in [0.15, 0.2) is 0 Å². The smallest absolute Gasteiger partial charge is 0.111 e. The van der Waals surface area contributed by atoms with Crippen molar-refractivity contribution in [2.24, 2.45) is 0 Å². The van der Waals surface area contributed by atoms with Crippen LogP contribution in [-0.2, 0) is 6.54 Å². The van der Waals surface area contributed by atoms with Crippen LogP contribution in [0, 0.1) is 6.92 Å². The van der Waals surface area contributed by atoms with Crippen LogP contribution >= 0.6 is 11.3 Å². The number of nitrogens with two attached hydrogens (primary N) is 1. The van der Waals surface area contributed by atoms with Crippen molar-refractivity contribution in [1.29, 1.82) is 0 Å². The zero-order chi connectivity index (χ0) is 11.4. The van der Waals surface area contributed by atoms with E-state index in [0.29, 0.717) is 6.04 Å². The van der Waals surface area contributed by atoms with Crippen LogP contribution in [0.1, 0.15) is 28.3 Å². The first-order valence-electron chi connectivity index (χ1n) is 5.69. The van der Waals surface area contributed by atoms with E-state index in [9.17, 15) is 0 Å². The van der Waals surface area contributed by atoms with Crippen molar-refractivity contribution in [2.75, 3.05) is 0 Å². The molecule has 0 radical (unpaired) electrons. The standard InChI is InChI=1S/C14H17NS/c1-11-8-9-14(16-11)10-15-12(2)13-6-4-3-5-7-13/h3-9,12,15H,10H2,1-2H3/p+1/t12-/m1/s1. The molecule has 1 heterocycles. The Morgan fingerprint density at radius 2 is 1.88 bits per heavy atom. The Kier molecular flexibility index (Phi) is 3.75. The van der Waals surface area contributed by atoms with Crippen LogP contribution in [0.25, 0.3) is 0 Å². The maximum absolute atomic E-state index is 2.39. The molecule has 0 unspecified atom stereocenters. The van der Waals surface area contributed by atoms with Gasteiger partial charge in [-0.1, -0.05) is 30.3 Å². The number of aryl methyl sites for hydroxylation is 1. The predicted molar refractivity (Wildman–Crippen MR) is 69.5 cm³/mol. The molecule has 0 saturated carbocycles. The third-order valence-electron chi connectivity index (χ3n) is 2.79. The number of quaternary nitrogens is 1. The molecule has 1 atom stereocenters. The summed E-state index contributed by atoms with van der Waals surface area (Å²) < 4.78 is 0. The molecule has 2 heteroatoms. The Bertz CT molecular complexity index is 433. The largest absolute Gasteiger partial charge is 0.336 e. The molecule has 0 spiro atoms. The summed E-state index contributed by atoms with van der Waals surface area (Å²) in [5, 5.41) is 2.39. The summed E-state index contributed by atoms with van der Waals surface area (Å²) in [6.45, 7) is 5.50. The van der Waals surface area contributed by atoms with Crippen molar-refractivity contribution in [3.05, 3.63) is 57.8 Å². The van der Waals surface area contributed by atoms with Crippen molar-refractivity contribution in [3.63, 3.8) is 0 Å². The van der Waals surface area contributed by atoms with Gasteiger partial charge in [-0.3, -0.25) is 0 Å². The van der Waals surface area contributed by atoms with Gasteiger partial charge in [0.2, 0.25) is 0 Å². The van der Waals surface area contributed by atoms with Crippen LogP contribution in [0.3, 0.4) is 0 Å². The van der Waals surface area contributed by atoms with Crippen molar-refractivity contribution < 1.29 is 5.32 Å². The lowest BCUT2D eigenvalue weighted by Gasteiger charge is -2.09.